The molecule has 1 unspecified atom stereocenters. The summed E-state index contributed by atoms with van der Waals surface area (Å²) in [4.78, 5) is 16.3. The predicted octanol–water partition coefficient (Wildman–Crippen LogP) is 0.843. The van der Waals surface area contributed by atoms with Gasteiger partial charge in [-0.1, -0.05) is 0 Å². The highest BCUT2D eigenvalue weighted by atomic mass is 16.2. The van der Waals surface area contributed by atoms with Crippen molar-refractivity contribution in [2.24, 2.45) is 5.41 Å². The quantitative estimate of drug-likeness (QED) is 0.694. The number of hydrogen-bond acceptors (Lipinski definition) is 3. The van der Waals surface area contributed by atoms with Gasteiger partial charge in [-0.3, -0.25) is 4.79 Å². The average Bonchev–Trinajstić information content (AvgIpc) is 2.65. The van der Waals surface area contributed by atoms with Crippen molar-refractivity contribution in [3.05, 3.63) is 0 Å². The second kappa shape index (κ2) is 4.06. The highest BCUT2D eigenvalue weighted by molar-refractivity contribution is 5.86. The third-order valence-electron chi connectivity index (χ3n) is 4.01. The van der Waals surface area contributed by atoms with E-state index in [1.54, 1.807) is 0 Å². The first-order chi connectivity index (χ1) is 7.59. The second-order valence-electron chi connectivity index (χ2n) is 5.20. The molecule has 1 saturated heterocycles. The minimum absolute atomic E-state index is 0.0746. The molecule has 1 heterocycles. The van der Waals surface area contributed by atoms with Gasteiger partial charge in [-0.15, -0.1) is 0 Å². The van der Waals surface area contributed by atoms with Crippen LogP contribution >= 0.6 is 0 Å². The number of hydrogen-bond donors (Lipinski definition) is 0. The monoisotopic (exact) mass is 221 g/mol. The van der Waals surface area contributed by atoms with Gasteiger partial charge in [0.25, 0.3) is 0 Å². The van der Waals surface area contributed by atoms with E-state index in [1.165, 1.54) is 0 Å². The molecule has 2 aliphatic rings. The van der Waals surface area contributed by atoms with Crippen LogP contribution in [0.5, 0.6) is 0 Å². The lowest BCUT2D eigenvalue weighted by atomic mass is 9.69. The molecule has 88 valence electrons. The standard InChI is InChI=1S/C12H19N3O/c1-14(2)10-4-7-15(8-10)11(16)12(9-13)5-3-6-12/h10H,3-8H2,1-2H3. The smallest absolute Gasteiger partial charge is 0.243 e. The molecule has 0 aromatic heterocycles. The van der Waals surface area contributed by atoms with Crippen LogP contribution in [0.15, 0.2) is 0 Å². The summed E-state index contributed by atoms with van der Waals surface area (Å²) in [5.41, 5.74) is -0.665. The van der Waals surface area contributed by atoms with E-state index in [2.05, 4.69) is 11.0 Å². The van der Waals surface area contributed by atoms with Crippen molar-refractivity contribution in [2.45, 2.75) is 31.7 Å². The molecule has 0 radical (unpaired) electrons. The molecule has 1 amide bonds. The number of rotatable bonds is 2. The second-order valence-corrected chi connectivity index (χ2v) is 5.20. The molecule has 1 saturated carbocycles. The number of carbonyl (C=O) groups excluding carboxylic acids is 1. The maximum absolute atomic E-state index is 12.2. The predicted molar refractivity (Wildman–Crippen MR) is 60.6 cm³/mol. The Morgan fingerprint density at radius 3 is 2.56 bits per heavy atom. The third kappa shape index (κ3) is 1.69. The molecule has 1 aliphatic heterocycles. The summed E-state index contributed by atoms with van der Waals surface area (Å²) in [7, 11) is 4.09. The van der Waals surface area contributed by atoms with Gasteiger partial charge in [-0.05, 0) is 39.8 Å². The molecule has 1 atom stereocenters. The van der Waals surface area contributed by atoms with Crippen molar-refractivity contribution in [2.75, 3.05) is 27.2 Å². The van der Waals surface area contributed by atoms with Gasteiger partial charge in [-0.25, -0.2) is 0 Å². The molecular weight excluding hydrogens is 202 g/mol. The van der Waals surface area contributed by atoms with Crippen molar-refractivity contribution in [3.8, 4) is 6.07 Å². The number of amides is 1. The van der Waals surface area contributed by atoms with Gasteiger partial charge in [-0.2, -0.15) is 5.26 Å². The van der Waals surface area contributed by atoms with Crippen molar-refractivity contribution in [1.82, 2.24) is 9.80 Å². The van der Waals surface area contributed by atoms with Gasteiger partial charge < -0.3 is 9.80 Å². The SMILES string of the molecule is CN(C)C1CCN(C(=O)C2(C#N)CCC2)C1. The third-order valence-corrected chi connectivity index (χ3v) is 4.01. The van der Waals surface area contributed by atoms with Crippen molar-refractivity contribution in [3.63, 3.8) is 0 Å². The van der Waals surface area contributed by atoms with E-state index in [0.29, 0.717) is 6.04 Å². The fourth-order valence-electron chi connectivity index (χ4n) is 2.55. The Morgan fingerprint density at radius 1 is 1.50 bits per heavy atom. The molecule has 4 nitrogen and oxygen atoms in total. The van der Waals surface area contributed by atoms with E-state index in [0.717, 1.165) is 38.8 Å². The Labute approximate surface area is 96.8 Å². The first-order valence-electron chi connectivity index (χ1n) is 5.96. The zero-order chi connectivity index (χ0) is 11.8. The largest absolute Gasteiger partial charge is 0.340 e. The van der Waals surface area contributed by atoms with Crippen molar-refractivity contribution < 1.29 is 4.79 Å². The highest BCUT2D eigenvalue weighted by Crippen LogP contribution is 2.42. The first-order valence-corrected chi connectivity index (χ1v) is 5.96. The summed E-state index contributed by atoms with van der Waals surface area (Å²) >= 11 is 0. The van der Waals surface area contributed by atoms with E-state index in [9.17, 15) is 4.79 Å². The van der Waals surface area contributed by atoms with E-state index < -0.39 is 5.41 Å². The maximum atomic E-state index is 12.2. The number of nitrogens with zero attached hydrogens (tertiary/aromatic N) is 3. The van der Waals surface area contributed by atoms with Crippen LogP contribution in [0, 0.1) is 16.7 Å². The zero-order valence-corrected chi connectivity index (χ0v) is 10.1. The maximum Gasteiger partial charge on any atom is 0.243 e. The molecule has 2 rings (SSSR count). The highest BCUT2D eigenvalue weighted by Gasteiger charge is 2.48. The van der Waals surface area contributed by atoms with Gasteiger partial charge in [0.15, 0.2) is 0 Å². The van der Waals surface area contributed by atoms with Crippen molar-refractivity contribution in [1.29, 1.82) is 5.26 Å². The van der Waals surface area contributed by atoms with Crippen LogP contribution in [0.1, 0.15) is 25.7 Å². The fraction of sp³-hybridized carbons (Fsp3) is 0.833. The van der Waals surface area contributed by atoms with Crippen molar-refractivity contribution >= 4 is 5.91 Å². The van der Waals surface area contributed by atoms with Gasteiger partial charge in [0.2, 0.25) is 5.91 Å². The zero-order valence-electron chi connectivity index (χ0n) is 10.1. The average molecular weight is 221 g/mol. The number of carbonyl (C=O) groups is 1. The Balaban J connectivity index is 2.00. The summed E-state index contributed by atoms with van der Waals surface area (Å²) < 4.78 is 0. The van der Waals surface area contributed by atoms with Gasteiger partial charge in [0.1, 0.15) is 5.41 Å². The Bertz CT molecular complexity index is 328. The summed E-state index contributed by atoms with van der Waals surface area (Å²) in [6.07, 6.45) is 3.56. The molecule has 0 aromatic rings. The van der Waals surface area contributed by atoms with E-state index >= 15 is 0 Å². The molecule has 0 aromatic carbocycles. The van der Waals surface area contributed by atoms with Gasteiger partial charge in [0, 0.05) is 19.1 Å². The lowest BCUT2D eigenvalue weighted by molar-refractivity contribution is -0.142. The molecule has 0 bridgehead atoms. The lowest BCUT2D eigenvalue weighted by Crippen LogP contribution is -2.47. The minimum atomic E-state index is -0.665. The topological polar surface area (TPSA) is 47.3 Å². The van der Waals surface area contributed by atoms with Gasteiger partial charge >= 0.3 is 0 Å². The number of nitriles is 1. The summed E-state index contributed by atoms with van der Waals surface area (Å²) in [6, 6.07) is 2.69. The normalized spacial score (nSPS) is 27.6. The Hall–Kier alpha value is -1.08. The van der Waals surface area contributed by atoms with Gasteiger partial charge in [0.05, 0.1) is 6.07 Å². The lowest BCUT2D eigenvalue weighted by Gasteiger charge is -2.36. The molecular formula is C12H19N3O. The Morgan fingerprint density at radius 2 is 2.19 bits per heavy atom. The van der Waals surface area contributed by atoms with Crippen LogP contribution in [0.25, 0.3) is 0 Å². The van der Waals surface area contributed by atoms with Crippen LogP contribution in [-0.2, 0) is 4.79 Å². The number of likely N-dealkylation sites (N-methyl/N-ethyl adjacent to an activating group) is 1. The summed E-state index contributed by atoms with van der Waals surface area (Å²) in [6.45, 7) is 1.60. The van der Waals surface area contributed by atoms with Crippen LogP contribution in [-0.4, -0.2) is 48.9 Å². The van der Waals surface area contributed by atoms with E-state index in [4.69, 9.17) is 5.26 Å². The molecule has 4 heteroatoms. The van der Waals surface area contributed by atoms with Crippen LogP contribution < -0.4 is 0 Å². The van der Waals surface area contributed by atoms with E-state index in [1.807, 2.05) is 19.0 Å². The molecule has 0 spiro atoms. The first kappa shape index (κ1) is 11.4. The van der Waals surface area contributed by atoms with E-state index in [-0.39, 0.29) is 5.91 Å². The fourth-order valence-corrected chi connectivity index (χ4v) is 2.55. The molecule has 0 N–H and O–H groups in total. The van der Waals surface area contributed by atoms with Crippen LogP contribution in [0.4, 0.5) is 0 Å². The molecule has 16 heavy (non-hydrogen) atoms. The molecule has 2 fully saturated rings. The number of likely N-dealkylation sites (tertiary alicyclic amines) is 1. The van der Waals surface area contributed by atoms with Crippen LogP contribution in [0.3, 0.4) is 0 Å². The Kier molecular flexibility index (Phi) is 2.90. The molecule has 1 aliphatic carbocycles. The minimum Gasteiger partial charge on any atom is -0.340 e. The summed E-state index contributed by atoms with van der Waals surface area (Å²) in [5.74, 6) is 0.0746. The summed E-state index contributed by atoms with van der Waals surface area (Å²) in [5, 5.41) is 9.13. The van der Waals surface area contributed by atoms with Crippen LogP contribution in [0.2, 0.25) is 0 Å².